The predicted molar refractivity (Wildman–Crippen MR) is 81.7 cm³/mol. The van der Waals surface area contributed by atoms with Crippen molar-refractivity contribution in [3.63, 3.8) is 0 Å². The third kappa shape index (κ3) is 4.61. The first-order valence-corrected chi connectivity index (χ1v) is 7.47. The van der Waals surface area contributed by atoms with E-state index in [1.807, 2.05) is 17.5 Å². The zero-order valence-corrected chi connectivity index (χ0v) is 12.7. The SMILES string of the molecule is O=C(/C=C\c1ccc(Cl)c(C(F)(F)F)c1)NCc1cccs1. The predicted octanol–water partition coefficient (Wildman–Crippen LogP) is 4.75. The molecule has 0 unspecified atom stereocenters. The Kier molecular flexibility index (Phi) is 5.26. The number of hydrogen-bond donors (Lipinski definition) is 1. The fourth-order valence-corrected chi connectivity index (χ4v) is 2.55. The van der Waals surface area contributed by atoms with Gasteiger partial charge >= 0.3 is 6.18 Å². The van der Waals surface area contributed by atoms with Crippen molar-refractivity contribution in [1.82, 2.24) is 5.32 Å². The van der Waals surface area contributed by atoms with E-state index in [4.69, 9.17) is 11.6 Å². The molecule has 7 heteroatoms. The van der Waals surface area contributed by atoms with E-state index in [1.54, 1.807) is 0 Å². The summed E-state index contributed by atoms with van der Waals surface area (Å²) >= 11 is 7.04. The van der Waals surface area contributed by atoms with Crippen molar-refractivity contribution in [2.45, 2.75) is 12.7 Å². The highest BCUT2D eigenvalue weighted by molar-refractivity contribution is 7.09. The second-order valence-corrected chi connectivity index (χ2v) is 5.81. The molecular formula is C15H11ClF3NOS. The van der Waals surface area contributed by atoms with E-state index in [0.29, 0.717) is 6.54 Å². The lowest BCUT2D eigenvalue weighted by atomic mass is 10.1. The zero-order valence-electron chi connectivity index (χ0n) is 11.2. The Bertz CT molecular complexity index is 681. The number of thiophene rings is 1. The Balaban J connectivity index is 2.02. The van der Waals surface area contributed by atoms with Crippen LogP contribution in [0.5, 0.6) is 0 Å². The van der Waals surface area contributed by atoms with Crippen LogP contribution in [-0.2, 0) is 17.5 Å². The van der Waals surface area contributed by atoms with Crippen molar-refractivity contribution in [2.24, 2.45) is 0 Å². The van der Waals surface area contributed by atoms with Gasteiger partial charge in [-0.15, -0.1) is 11.3 Å². The first-order chi connectivity index (χ1) is 10.4. The molecule has 0 atom stereocenters. The summed E-state index contributed by atoms with van der Waals surface area (Å²) in [5, 5.41) is 4.17. The van der Waals surface area contributed by atoms with Crippen LogP contribution in [0.3, 0.4) is 0 Å². The molecule has 22 heavy (non-hydrogen) atoms. The van der Waals surface area contributed by atoms with Gasteiger partial charge in [-0.05, 0) is 35.2 Å². The number of rotatable bonds is 4. The Morgan fingerprint density at radius 1 is 1.32 bits per heavy atom. The van der Waals surface area contributed by atoms with E-state index in [-0.39, 0.29) is 16.5 Å². The van der Waals surface area contributed by atoms with E-state index in [2.05, 4.69) is 5.32 Å². The van der Waals surface area contributed by atoms with E-state index in [1.165, 1.54) is 29.6 Å². The van der Waals surface area contributed by atoms with Crippen LogP contribution in [0, 0.1) is 0 Å². The minimum Gasteiger partial charge on any atom is -0.348 e. The summed E-state index contributed by atoms with van der Waals surface area (Å²) < 4.78 is 38.2. The number of benzene rings is 1. The second-order valence-electron chi connectivity index (χ2n) is 4.37. The van der Waals surface area contributed by atoms with Gasteiger partial charge in [-0.2, -0.15) is 13.2 Å². The summed E-state index contributed by atoms with van der Waals surface area (Å²) in [7, 11) is 0. The summed E-state index contributed by atoms with van der Waals surface area (Å²) in [6.45, 7) is 0.384. The first-order valence-electron chi connectivity index (χ1n) is 6.21. The molecule has 0 bridgehead atoms. The van der Waals surface area contributed by atoms with Gasteiger partial charge in [-0.3, -0.25) is 4.79 Å². The van der Waals surface area contributed by atoms with Crippen LogP contribution >= 0.6 is 22.9 Å². The molecule has 1 amide bonds. The molecule has 0 saturated carbocycles. The molecular weight excluding hydrogens is 335 g/mol. The van der Waals surface area contributed by atoms with Gasteiger partial charge in [0.15, 0.2) is 0 Å². The maximum absolute atomic E-state index is 12.7. The lowest BCUT2D eigenvalue weighted by molar-refractivity contribution is -0.137. The molecule has 0 fully saturated rings. The van der Waals surface area contributed by atoms with Crippen LogP contribution in [0.15, 0.2) is 41.8 Å². The minimum atomic E-state index is -4.53. The van der Waals surface area contributed by atoms with Crippen LogP contribution in [0.2, 0.25) is 5.02 Å². The molecule has 2 nitrogen and oxygen atoms in total. The van der Waals surface area contributed by atoms with Crippen molar-refractivity contribution in [3.8, 4) is 0 Å². The summed E-state index contributed by atoms with van der Waals surface area (Å²) in [5.74, 6) is -0.378. The highest BCUT2D eigenvalue weighted by atomic mass is 35.5. The lowest BCUT2D eigenvalue weighted by Crippen LogP contribution is -2.19. The van der Waals surface area contributed by atoms with Crippen molar-refractivity contribution < 1.29 is 18.0 Å². The number of hydrogen-bond acceptors (Lipinski definition) is 2. The Labute approximate surface area is 134 Å². The average Bonchev–Trinajstić information content (AvgIpc) is 2.96. The number of nitrogens with one attached hydrogen (secondary N) is 1. The van der Waals surface area contributed by atoms with Crippen LogP contribution in [0.1, 0.15) is 16.0 Å². The van der Waals surface area contributed by atoms with Gasteiger partial charge in [-0.25, -0.2) is 0 Å². The highest BCUT2D eigenvalue weighted by Gasteiger charge is 2.33. The molecule has 1 aromatic carbocycles. The topological polar surface area (TPSA) is 29.1 Å². The number of halogens is 4. The van der Waals surface area contributed by atoms with Crippen LogP contribution < -0.4 is 5.32 Å². The van der Waals surface area contributed by atoms with Gasteiger partial charge < -0.3 is 5.32 Å². The molecule has 0 spiro atoms. The van der Waals surface area contributed by atoms with Crippen molar-refractivity contribution >= 4 is 34.9 Å². The van der Waals surface area contributed by atoms with Crippen LogP contribution in [-0.4, -0.2) is 5.91 Å². The molecule has 1 aromatic heterocycles. The van der Waals surface area contributed by atoms with E-state index in [0.717, 1.165) is 17.0 Å². The van der Waals surface area contributed by atoms with Crippen LogP contribution in [0.4, 0.5) is 13.2 Å². The summed E-state index contributed by atoms with van der Waals surface area (Å²) in [6, 6.07) is 7.23. The smallest absolute Gasteiger partial charge is 0.348 e. The highest BCUT2D eigenvalue weighted by Crippen LogP contribution is 2.35. The number of carbonyl (C=O) groups excluding carboxylic acids is 1. The van der Waals surface area contributed by atoms with Gasteiger partial charge in [0.25, 0.3) is 0 Å². The van der Waals surface area contributed by atoms with Crippen LogP contribution in [0.25, 0.3) is 6.08 Å². The summed E-state index contributed by atoms with van der Waals surface area (Å²) in [5.41, 5.74) is -0.668. The number of amides is 1. The van der Waals surface area contributed by atoms with Crippen molar-refractivity contribution in [2.75, 3.05) is 0 Å². The van der Waals surface area contributed by atoms with Gasteiger partial charge in [0.1, 0.15) is 0 Å². The summed E-state index contributed by atoms with van der Waals surface area (Å²) in [4.78, 5) is 12.6. The maximum atomic E-state index is 12.7. The molecule has 116 valence electrons. The monoisotopic (exact) mass is 345 g/mol. The number of carbonyl (C=O) groups is 1. The Hall–Kier alpha value is -1.79. The standard InChI is InChI=1S/C15H11ClF3NOS/c16-13-5-3-10(8-12(13)15(17,18)19)4-6-14(21)20-9-11-2-1-7-22-11/h1-8H,9H2,(H,20,21)/b6-4-. The van der Waals surface area contributed by atoms with E-state index < -0.39 is 11.7 Å². The minimum absolute atomic E-state index is 0.253. The molecule has 2 rings (SSSR count). The van der Waals surface area contributed by atoms with E-state index >= 15 is 0 Å². The Morgan fingerprint density at radius 3 is 2.73 bits per heavy atom. The molecule has 1 heterocycles. The fourth-order valence-electron chi connectivity index (χ4n) is 1.68. The largest absolute Gasteiger partial charge is 0.417 e. The zero-order chi connectivity index (χ0) is 16.2. The lowest BCUT2D eigenvalue weighted by Gasteiger charge is -2.09. The van der Waals surface area contributed by atoms with Gasteiger partial charge in [-0.1, -0.05) is 23.7 Å². The normalized spacial score (nSPS) is 11.8. The third-order valence-corrected chi connectivity index (χ3v) is 3.95. The fraction of sp³-hybridized carbons (Fsp3) is 0.133. The van der Waals surface area contributed by atoms with Gasteiger partial charge in [0, 0.05) is 11.0 Å². The van der Waals surface area contributed by atoms with Gasteiger partial charge in [0.05, 0.1) is 17.1 Å². The quantitative estimate of drug-likeness (QED) is 0.796. The van der Waals surface area contributed by atoms with Crippen molar-refractivity contribution in [3.05, 3.63) is 62.8 Å². The number of alkyl halides is 3. The molecule has 1 N–H and O–H groups in total. The Morgan fingerprint density at radius 2 is 2.09 bits per heavy atom. The third-order valence-electron chi connectivity index (χ3n) is 2.74. The second kappa shape index (κ2) is 6.98. The summed E-state index contributed by atoms with van der Waals surface area (Å²) in [6.07, 6.45) is -2.02. The first kappa shape index (κ1) is 16.6. The van der Waals surface area contributed by atoms with Crippen molar-refractivity contribution in [1.29, 1.82) is 0 Å². The maximum Gasteiger partial charge on any atom is 0.417 e. The van der Waals surface area contributed by atoms with Gasteiger partial charge in [0.2, 0.25) is 5.91 Å². The molecule has 0 radical (unpaired) electrons. The molecule has 0 aliphatic rings. The molecule has 0 aliphatic heterocycles. The molecule has 2 aromatic rings. The van der Waals surface area contributed by atoms with E-state index in [9.17, 15) is 18.0 Å². The molecule has 0 aliphatic carbocycles. The average molecular weight is 346 g/mol. The molecule has 0 saturated heterocycles.